The number of fused-ring (bicyclic) bond motifs is 1. The Morgan fingerprint density at radius 2 is 1.81 bits per heavy atom. The lowest BCUT2D eigenvalue weighted by atomic mass is 10.1. The minimum Gasteiger partial charge on any atom is -0.298 e. The largest absolute Gasteiger partial charge is 0.298 e. The number of halogens is 3. The van der Waals surface area contributed by atoms with Crippen molar-refractivity contribution in [2.24, 2.45) is 0 Å². The van der Waals surface area contributed by atoms with E-state index in [4.69, 9.17) is 34.8 Å². The maximum Gasteiger partial charge on any atom is 0.265 e. The topological polar surface area (TPSA) is 86.1 Å². The Morgan fingerprint density at radius 1 is 1.03 bits per heavy atom. The summed E-state index contributed by atoms with van der Waals surface area (Å²) < 4.78 is 26.4. The van der Waals surface area contributed by atoms with Crippen molar-refractivity contribution < 1.29 is 13.2 Å². The highest BCUT2D eigenvalue weighted by molar-refractivity contribution is 7.94. The molecule has 2 aromatic carbocycles. The number of carbonyl (C=O) groups is 1. The van der Waals surface area contributed by atoms with E-state index in [0.29, 0.717) is 31.5 Å². The second-order valence-corrected chi connectivity index (χ2v) is 11.7. The van der Waals surface area contributed by atoms with Gasteiger partial charge in [-0.05, 0) is 48.0 Å². The van der Waals surface area contributed by atoms with E-state index >= 15 is 0 Å². The molecule has 0 aliphatic heterocycles. The molecule has 2 aromatic heterocycles. The van der Waals surface area contributed by atoms with Gasteiger partial charge in [0.2, 0.25) is 0 Å². The molecule has 0 aliphatic rings. The highest BCUT2D eigenvalue weighted by Gasteiger charge is 2.21. The lowest BCUT2D eigenvalue weighted by molar-refractivity contribution is -0.116. The molecule has 0 fully saturated rings. The third kappa shape index (κ3) is 4.74. The average molecular weight is 528 g/mol. The molecule has 0 unspecified atom stereocenters. The molecular weight excluding hydrogens is 515 g/mol. The van der Waals surface area contributed by atoms with Gasteiger partial charge in [0.05, 0.1) is 25.9 Å². The predicted octanol–water partition coefficient (Wildman–Crippen LogP) is 4.99. The van der Waals surface area contributed by atoms with Gasteiger partial charge in [-0.2, -0.15) is 0 Å². The molecule has 0 bridgehead atoms. The first-order valence-corrected chi connectivity index (χ1v) is 12.7. The van der Waals surface area contributed by atoms with E-state index in [-0.39, 0.29) is 21.2 Å². The van der Waals surface area contributed by atoms with Crippen molar-refractivity contribution in [3.63, 3.8) is 0 Å². The smallest absolute Gasteiger partial charge is 0.265 e. The number of hydrogen-bond acceptors (Lipinski definition) is 6. The van der Waals surface area contributed by atoms with Crippen molar-refractivity contribution in [3.05, 3.63) is 85.2 Å². The number of benzene rings is 2. The number of hydrogen-bond donors (Lipinski definition) is 0. The molecule has 32 heavy (non-hydrogen) atoms. The van der Waals surface area contributed by atoms with Gasteiger partial charge in [0.15, 0.2) is 15.6 Å². The van der Waals surface area contributed by atoms with E-state index in [1.807, 2.05) is 0 Å². The first kappa shape index (κ1) is 22.9. The van der Waals surface area contributed by atoms with Gasteiger partial charge in [-0.25, -0.2) is 13.4 Å². The third-order valence-electron chi connectivity index (χ3n) is 4.60. The number of rotatable bonds is 6. The number of Topliss-reactive ketones (excluding diaryl/α,β-unsaturated/α-hetero) is 1. The molecule has 164 valence electrons. The second-order valence-electron chi connectivity index (χ2n) is 6.90. The van der Waals surface area contributed by atoms with Crippen LogP contribution in [0.3, 0.4) is 0 Å². The Kier molecular flexibility index (Phi) is 6.42. The zero-order valence-corrected chi connectivity index (χ0v) is 20.0. The molecule has 0 spiro atoms. The van der Waals surface area contributed by atoms with Gasteiger partial charge in [0.1, 0.15) is 16.3 Å². The molecule has 2 heterocycles. The lowest BCUT2D eigenvalue weighted by Gasteiger charge is -2.10. The van der Waals surface area contributed by atoms with E-state index in [1.54, 1.807) is 30.3 Å². The van der Waals surface area contributed by atoms with Crippen molar-refractivity contribution in [2.45, 2.75) is 10.6 Å². The summed E-state index contributed by atoms with van der Waals surface area (Å²) in [5, 5.41) is 1.07. The van der Waals surface area contributed by atoms with Crippen molar-refractivity contribution in [3.8, 4) is 5.69 Å². The molecule has 0 amide bonds. The van der Waals surface area contributed by atoms with Crippen LogP contribution in [0.15, 0.2) is 63.9 Å². The van der Waals surface area contributed by atoms with Crippen LogP contribution in [0.25, 0.3) is 16.6 Å². The Bertz CT molecular complexity index is 1530. The van der Waals surface area contributed by atoms with Gasteiger partial charge < -0.3 is 0 Å². The highest BCUT2D eigenvalue weighted by Crippen LogP contribution is 2.27. The van der Waals surface area contributed by atoms with Crippen LogP contribution in [0.5, 0.6) is 0 Å². The standard InChI is InChI=1S/C21H13Cl3N2O4S2/c22-13-2-3-15-17(9-13)25-11-26(21(15)28)18-4-1-12(8-16(18)23)7-14(27)10-32(29,30)20-6-5-19(24)31-20/h1-6,8-9,11H,7,10H2. The summed E-state index contributed by atoms with van der Waals surface area (Å²) in [4.78, 5) is 29.5. The molecule has 0 aliphatic carbocycles. The molecule has 0 saturated heterocycles. The van der Waals surface area contributed by atoms with E-state index < -0.39 is 21.4 Å². The van der Waals surface area contributed by atoms with E-state index in [2.05, 4.69) is 4.98 Å². The Balaban J connectivity index is 1.57. The number of ketones is 1. The van der Waals surface area contributed by atoms with Crippen molar-refractivity contribution in [1.29, 1.82) is 0 Å². The quantitative estimate of drug-likeness (QED) is 0.352. The minimum atomic E-state index is -3.76. The summed E-state index contributed by atoms with van der Waals surface area (Å²) in [6.45, 7) is 0. The predicted molar refractivity (Wildman–Crippen MR) is 127 cm³/mol. The van der Waals surface area contributed by atoms with Crippen molar-refractivity contribution in [2.75, 3.05) is 5.75 Å². The monoisotopic (exact) mass is 526 g/mol. The van der Waals surface area contributed by atoms with Crippen molar-refractivity contribution >= 4 is 72.7 Å². The fourth-order valence-electron chi connectivity index (χ4n) is 3.15. The van der Waals surface area contributed by atoms with Crippen LogP contribution in [0.4, 0.5) is 0 Å². The first-order chi connectivity index (χ1) is 15.1. The Morgan fingerprint density at radius 3 is 2.50 bits per heavy atom. The fourth-order valence-corrected chi connectivity index (χ4v) is 6.42. The van der Waals surface area contributed by atoms with Crippen molar-refractivity contribution in [1.82, 2.24) is 9.55 Å². The first-order valence-electron chi connectivity index (χ1n) is 9.09. The average Bonchev–Trinajstić information content (AvgIpc) is 3.16. The van der Waals surface area contributed by atoms with Gasteiger partial charge in [-0.15, -0.1) is 11.3 Å². The summed E-state index contributed by atoms with van der Waals surface area (Å²) in [6, 6.07) is 12.4. The molecule has 0 saturated carbocycles. The van der Waals surface area contributed by atoms with Gasteiger partial charge in [-0.1, -0.05) is 40.9 Å². The van der Waals surface area contributed by atoms with E-state index in [1.165, 1.54) is 29.1 Å². The second kappa shape index (κ2) is 8.96. The maximum absolute atomic E-state index is 12.8. The molecule has 4 aromatic rings. The SMILES string of the molecule is O=C(Cc1ccc(-n2cnc3cc(Cl)ccc3c2=O)c(Cl)c1)CS(=O)(=O)c1ccc(Cl)s1. The van der Waals surface area contributed by atoms with E-state index in [9.17, 15) is 18.0 Å². The summed E-state index contributed by atoms with van der Waals surface area (Å²) >= 11 is 19.0. The van der Waals surface area contributed by atoms with Gasteiger partial charge in [-0.3, -0.25) is 14.2 Å². The number of thiophene rings is 1. The molecule has 11 heteroatoms. The van der Waals surface area contributed by atoms with Crippen LogP contribution in [-0.2, 0) is 21.1 Å². The van der Waals surface area contributed by atoms with E-state index in [0.717, 1.165) is 11.3 Å². The van der Waals surface area contributed by atoms with Crippen LogP contribution in [0.2, 0.25) is 14.4 Å². The summed E-state index contributed by atoms with van der Waals surface area (Å²) in [6.07, 6.45) is 1.23. The van der Waals surface area contributed by atoms with Gasteiger partial charge in [0, 0.05) is 11.4 Å². The zero-order chi connectivity index (χ0) is 23.0. The summed E-state index contributed by atoms with van der Waals surface area (Å²) in [5.74, 6) is -1.13. The highest BCUT2D eigenvalue weighted by atomic mass is 35.5. The Labute approximate surface area is 201 Å². The normalized spacial score (nSPS) is 11.7. The number of nitrogens with zero attached hydrogens (tertiary/aromatic N) is 2. The number of aromatic nitrogens is 2. The molecule has 0 radical (unpaired) electrons. The molecule has 4 rings (SSSR count). The maximum atomic E-state index is 12.8. The number of carbonyl (C=O) groups excluding carboxylic acids is 1. The molecule has 6 nitrogen and oxygen atoms in total. The van der Waals surface area contributed by atoms with Gasteiger partial charge >= 0.3 is 0 Å². The molecular formula is C21H13Cl3N2O4S2. The summed E-state index contributed by atoms with van der Waals surface area (Å²) in [7, 11) is -3.76. The Hall–Kier alpha value is -2.23. The molecule has 0 N–H and O–H groups in total. The summed E-state index contributed by atoms with van der Waals surface area (Å²) in [5.41, 5.74) is 1.05. The van der Waals surface area contributed by atoms with Crippen LogP contribution < -0.4 is 5.56 Å². The van der Waals surface area contributed by atoms with Crippen LogP contribution >= 0.6 is 46.1 Å². The lowest BCUT2D eigenvalue weighted by Crippen LogP contribution is -2.19. The zero-order valence-electron chi connectivity index (χ0n) is 16.1. The van der Waals surface area contributed by atoms with Crippen LogP contribution in [0.1, 0.15) is 5.56 Å². The number of sulfone groups is 1. The van der Waals surface area contributed by atoms with Crippen LogP contribution in [0, 0.1) is 0 Å². The minimum absolute atomic E-state index is 0.0497. The van der Waals surface area contributed by atoms with Crippen LogP contribution in [-0.4, -0.2) is 29.5 Å². The third-order valence-corrected chi connectivity index (χ3v) is 8.63. The molecule has 0 atom stereocenters. The van der Waals surface area contributed by atoms with Gasteiger partial charge in [0.25, 0.3) is 5.56 Å². The fraction of sp³-hybridized carbons (Fsp3) is 0.0952.